The lowest BCUT2D eigenvalue weighted by molar-refractivity contribution is -0.118. The van der Waals surface area contributed by atoms with Crippen molar-refractivity contribution in [3.8, 4) is 28.6 Å². The van der Waals surface area contributed by atoms with Crippen LogP contribution < -0.4 is 19.5 Å². The number of nitrogens with zero attached hydrogens (tertiary/aromatic N) is 3. The highest BCUT2D eigenvalue weighted by Gasteiger charge is 2.42. The molecule has 3 aromatic rings. The van der Waals surface area contributed by atoms with Crippen LogP contribution in [0.25, 0.3) is 11.4 Å². The highest BCUT2D eigenvalue weighted by molar-refractivity contribution is 6.00. The minimum atomic E-state index is -0.485. The molecule has 0 amide bonds. The summed E-state index contributed by atoms with van der Waals surface area (Å²) in [5.41, 5.74) is 5.56. The fourth-order valence-electron chi connectivity index (χ4n) is 5.18. The second-order valence-electron chi connectivity index (χ2n) is 10.3. The largest absolute Gasteiger partial charge is 0.493 e. The number of rotatable bonds is 5. The van der Waals surface area contributed by atoms with Gasteiger partial charge in [-0.2, -0.15) is 4.98 Å². The van der Waals surface area contributed by atoms with Gasteiger partial charge in [0, 0.05) is 23.3 Å². The number of fused-ring (bicyclic) bond motifs is 1. The maximum absolute atomic E-state index is 13.6. The summed E-state index contributed by atoms with van der Waals surface area (Å²) >= 11 is 0. The van der Waals surface area contributed by atoms with Crippen molar-refractivity contribution in [2.24, 2.45) is 5.41 Å². The molecule has 0 spiro atoms. The van der Waals surface area contributed by atoms with E-state index >= 15 is 0 Å². The number of anilines is 1. The van der Waals surface area contributed by atoms with Crippen molar-refractivity contribution in [3.05, 3.63) is 58.3 Å². The van der Waals surface area contributed by atoms with E-state index in [1.165, 1.54) is 11.1 Å². The van der Waals surface area contributed by atoms with E-state index in [1.54, 1.807) is 26.0 Å². The zero-order valence-corrected chi connectivity index (χ0v) is 21.9. The molecule has 0 radical (unpaired) electrons. The maximum atomic E-state index is 13.6. The quantitative estimate of drug-likeness (QED) is 0.525. The number of nitrogens with one attached hydrogen (secondary N) is 1. The first-order valence-corrected chi connectivity index (χ1v) is 12.0. The van der Waals surface area contributed by atoms with Gasteiger partial charge in [-0.1, -0.05) is 26.0 Å². The zero-order valence-electron chi connectivity index (χ0n) is 21.9. The van der Waals surface area contributed by atoms with E-state index in [0.29, 0.717) is 41.0 Å². The Labute approximate surface area is 211 Å². The van der Waals surface area contributed by atoms with E-state index < -0.39 is 6.04 Å². The molecule has 8 heteroatoms. The van der Waals surface area contributed by atoms with Gasteiger partial charge in [0.2, 0.25) is 11.7 Å². The fourth-order valence-corrected chi connectivity index (χ4v) is 5.18. The third-order valence-corrected chi connectivity index (χ3v) is 7.10. The highest BCUT2D eigenvalue weighted by atomic mass is 16.5. The number of aromatic nitrogens is 3. The molecule has 1 N–H and O–H groups in total. The van der Waals surface area contributed by atoms with Crippen LogP contribution in [-0.4, -0.2) is 41.9 Å². The van der Waals surface area contributed by atoms with Crippen molar-refractivity contribution < 1.29 is 19.0 Å². The van der Waals surface area contributed by atoms with Crippen LogP contribution in [0.15, 0.2) is 41.6 Å². The van der Waals surface area contributed by atoms with E-state index in [9.17, 15) is 4.79 Å². The van der Waals surface area contributed by atoms with Crippen LogP contribution in [0.1, 0.15) is 49.4 Å². The number of hydrogen-bond donors (Lipinski definition) is 1. The molecule has 2 aliphatic rings. The van der Waals surface area contributed by atoms with E-state index in [0.717, 1.165) is 23.2 Å². The van der Waals surface area contributed by atoms with E-state index in [4.69, 9.17) is 24.3 Å². The highest BCUT2D eigenvalue weighted by Crippen LogP contribution is 2.48. The van der Waals surface area contributed by atoms with Crippen molar-refractivity contribution in [1.29, 1.82) is 0 Å². The Bertz CT molecular complexity index is 1380. The first kappa shape index (κ1) is 23.9. The minimum absolute atomic E-state index is 0.0985. The zero-order chi connectivity index (χ0) is 25.8. The summed E-state index contributed by atoms with van der Waals surface area (Å²) in [7, 11) is 4.74. The Hall–Kier alpha value is -3.81. The Morgan fingerprint density at radius 2 is 1.67 bits per heavy atom. The molecule has 2 heterocycles. The molecular formula is C28H32N4O4. The Morgan fingerprint density at radius 1 is 0.972 bits per heavy atom. The smallest absolute Gasteiger partial charge is 0.226 e. The molecule has 1 unspecified atom stereocenters. The van der Waals surface area contributed by atoms with Gasteiger partial charge < -0.3 is 19.5 Å². The number of ketones is 1. The molecule has 5 rings (SSSR count). The molecule has 0 saturated carbocycles. The van der Waals surface area contributed by atoms with E-state index in [1.807, 2.05) is 18.2 Å². The molecular weight excluding hydrogens is 456 g/mol. The molecule has 1 aliphatic carbocycles. The summed E-state index contributed by atoms with van der Waals surface area (Å²) in [4.78, 5) is 18.4. The topological polar surface area (TPSA) is 87.5 Å². The lowest BCUT2D eigenvalue weighted by atomic mass is 9.73. The van der Waals surface area contributed by atoms with Crippen molar-refractivity contribution in [2.75, 3.05) is 26.6 Å². The molecule has 2 aromatic carbocycles. The number of hydrogen-bond acceptors (Lipinski definition) is 7. The normalized spacial score (nSPS) is 18.3. The number of Topliss-reactive ketones (excluding diaryl/α,β-unsaturated/α-hetero) is 1. The standard InChI is InChI=1S/C28H32N4O4/c1-15-8-9-17(10-16(15)2)26-30-27-29-19-13-28(3,4)14-20(33)23(19)24(32(27)31-26)18-11-21(34-5)25(36-7)22(12-18)35-6/h8-12,24H,13-14H2,1-7H3,(H,29,30,31). The van der Waals surface area contributed by atoms with Gasteiger partial charge in [0.15, 0.2) is 23.1 Å². The summed E-state index contributed by atoms with van der Waals surface area (Å²) in [6.07, 6.45) is 1.20. The van der Waals surface area contributed by atoms with Gasteiger partial charge in [0.1, 0.15) is 6.04 Å². The third kappa shape index (κ3) is 3.90. The maximum Gasteiger partial charge on any atom is 0.226 e. The van der Waals surface area contributed by atoms with Gasteiger partial charge in [-0.05, 0) is 60.6 Å². The predicted octanol–water partition coefficient (Wildman–Crippen LogP) is 5.25. The Kier molecular flexibility index (Phi) is 5.77. The molecule has 0 fully saturated rings. The van der Waals surface area contributed by atoms with Crippen LogP contribution in [0.5, 0.6) is 17.2 Å². The minimum Gasteiger partial charge on any atom is -0.493 e. The molecule has 36 heavy (non-hydrogen) atoms. The number of ether oxygens (including phenoxy) is 3. The molecule has 1 aromatic heterocycles. The van der Waals surface area contributed by atoms with Crippen LogP contribution in [0.2, 0.25) is 0 Å². The van der Waals surface area contributed by atoms with Crippen LogP contribution in [0.3, 0.4) is 0 Å². The number of carbonyl (C=O) groups excluding carboxylic acids is 1. The van der Waals surface area contributed by atoms with Crippen LogP contribution in [-0.2, 0) is 4.79 Å². The van der Waals surface area contributed by atoms with Crippen molar-refractivity contribution >= 4 is 11.7 Å². The van der Waals surface area contributed by atoms with Crippen LogP contribution in [0.4, 0.5) is 5.95 Å². The predicted molar refractivity (Wildman–Crippen MR) is 138 cm³/mol. The molecule has 8 nitrogen and oxygen atoms in total. The lowest BCUT2D eigenvalue weighted by Gasteiger charge is -2.38. The SMILES string of the molecule is COc1cc(C2C3=C(CC(C)(C)CC3=O)Nc3nc(-c4ccc(C)c(C)c4)nn32)cc(OC)c1OC. The monoisotopic (exact) mass is 488 g/mol. The molecule has 1 aliphatic heterocycles. The number of allylic oxidation sites excluding steroid dienone is 2. The van der Waals surface area contributed by atoms with Gasteiger partial charge in [0.05, 0.1) is 21.3 Å². The van der Waals surface area contributed by atoms with E-state index in [-0.39, 0.29) is 11.2 Å². The second kappa shape index (κ2) is 8.69. The van der Waals surface area contributed by atoms with Crippen LogP contribution in [0, 0.1) is 19.3 Å². The van der Waals surface area contributed by atoms with Gasteiger partial charge in [-0.25, -0.2) is 4.68 Å². The number of benzene rings is 2. The van der Waals surface area contributed by atoms with Crippen LogP contribution >= 0.6 is 0 Å². The fraction of sp³-hybridized carbons (Fsp3) is 0.393. The van der Waals surface area contributed by atoms with Gasteiger partial charge >= 0.3 is 0 Å². The number of aryl methyl sites for hydroxylation is 2. The molecule has 0 saturated heterocycles. The number of carbonyl (C=O) groups is 1. The summed E-state index contributed by atoms with van der Waals surface area (Å²) in [5, 5.41) is 8.35. The first-order valence-electron chi connectivity index (χ1n) is 12.0. The van der Waals surface area contributed by atoms with Crippen molar-refractivity contribution in [1.82, 2.24) is 14.8 Å². The summed E-state index contributed by atoms with van der Waals surface area (Å²) in [6.45, 7) is 8.39. The van der Waals surface area contributed by atoms with Gasteiger partial charge in [-0.15, -0.1) is 5.10 Å². The molecule has 1 atom stereocenters. The summed E-state index contributed by atoms with van der Waals surface area (Å²) < 4.78 is 18.6. The third-order valence-electron chi connectivity index (χ3n) is 7.10. The Morgan fingerprint density at radius 3 is 2.28 bits per heavy atom. The van der Waals surface area contributed by atoms with Gasteiger partial charge in [-0.3, -0.25) is 4.79 Å². The van der Waals surface area contributed by atoms with E-state index in [2.05, 4.69) is 45.1 Å². The molecule has 0 bridgehead atoms. The summed E-state index contributed by atoms with van der Waals surface area (Å²) in [5.74, 6) is 2.84. The average Bonchev–Trinajstić information content (AvgIpc) is 3.26. The lowest BCUT2D eigenvalue weighted by Crippen LogP contribution is -2.36. The first-order chi connectivity index (χ1) is 17.2. The number of methoxy groups -OCH3 is 3. The Balaban J connectivity index is 1.73. The second-order valence-corrected chi connectivity index (χ2v) is 10.3. The van der Waals surface area contributed by atoms with Crippen molar-refractivity contribution in [2.45, 2.75) is 46.6 Å². The van der Waals surface area contributed by atoms with Crippen molar-refractivity contribution in [3.63, 3.8) is 0 Å². The van der Waals surface area contributed by atoms with Gasteiger partial charge in [0.25, 0.3) is 0 Å². The summed E-state index contributed by atoms with van der Waals surface area (Å²) in [6, 6.07) is 9.48. The average molecular weight is 489 g/mol. The molecule has 188 valence electrons.